The predicted octanol–water partition coefficient (Wildman–Crippen LogP) is 12.9. The minimum Gasteiger partial charge on any atom is -0.376 e. The first kappa shape index (κ1) is 34.9. The van der Waals surface area contributed by atoms with E-state index >= 15 is 0 Å². The van der Waals surface area contributed by atoms with Gasteiger partial charge in [0, 0.05) is 44.7 Å². The number of hydrogen-bond donors (Lipinski definition) is 0. The number of para-hydroxylation sites is 2. The molecule has 7 aromatic carbocycles. The molecule has 14 rings (SSSR count). The molecule has 4 heterocycles. The summed E-state index contributed by atoms with van der Waals surface area (Å²) < 4.78 is 0. The van der Waals surface area contributed by atoms with Gasteiger partial charge in [0.05, 0.1) is 11.0 Å². The standard InChI is InChI=1S/C58H51BN2/c1-54(2,3)34-31-46-52-47(32-34)59-50-39(33-45-49(38-21-10-11-23-40(38)55(45,4)5)53(50)60(52)57(7)30-17-16-29-56(46,57)6)37-22-18-27-44-51(37)61(59)48-28-15-14-26-43(48)58(44)41-24-12-8-19-35(41)36-20-9-13-25-42(36)58/h8-15,18-28,31-33H,16-17,29-30H2,1-7H3. The van der Waals surface area contributed by atoms with Crippen LogP contribution in [-0.4, -0.2) is 12.4 Å². The summed E-state index contributed by atoms with van der Waals surface area (Å²) in [7, 11) is 0. The largest absolute Gasteiger partial charge is 0.376 e. The maximum absolute atomic E-state index is 2.98. The number of fused-ring (bicyclic) bond motifs is 20. The van der Waals surface area contributed by atoms with Crippen LogP contribution in [0.1, 0.15) is 119 Å². The third-order valence-corrected chi connectivity index (χ3v) is 17.5. The number of benzene rings is 7. The molecule has 7 aliphatic rings. The fraction of sp³-hybridized carbons (Fsp3) is 0.276. The van der Waals surface area contributed by atoms with Crippen molar-refractivity contribution in [3.63, 3.8) is 0 Å². The first-order valence-electron chi connectivity index (χ1n) is 22.9. The Bertz CT molecular complexity index is 3140. The molecule has 3 aliphatic carbocycles. The Morgan fingerprint density at radius 3 is 1.84 bits per heavy atom. The minimum absolute atomic E-state index is 0.00643. The van der Waals surface area contributed by atoms with Crippen LogP contribution in [0.3, 0.4) is 0 Å². The zero-order chi connectivity index (χ0) is 41.2. The van der Waals surface area contributed by atoms with E-state index in [4.69, 9.17) is 0 Å². The van der Waals surface area contributed by atoms with Gasteiger partial charge >= 0.3 is 6.85 Å². The third kappa shape index (κ3) is 3.69. The first-order valence-corrected chi connectivity index (χ1v) is 22.9. The average molecular weight is 787 g/mol. The topological polar surface area (TPSA) is 6.48 Å². The summed E-state index contributed by atoms with van der Waals surface area (Å²) >= 11 is 0. The molecule has 2 unspecified atom stereocenters. The van der Waals surface area contributed by atoms with Crippen molar-refractivity contribution in [1.29, 1.82) is 0 Å². The molecule has 0 radical (unpaired) electrons. The van der Waals surface area contributed by atoms with Gasteiger partial charge < -0.3 is 9.71 Å². The summed E-state index contributed by atoms with van der Waals surface area (Å²) in [6, 6.07) is 52.8. The van der Waals surface area contributed by atoms with E-state index in [1.807, 2.05) is 0 Å². The SMILES string of the molecule is CC(C)(C)c1cc2c3c(c1)C1(C)CCCCC1(C)N3c1c3c(cc4c1-c1ccccc1C4(C)C)-c1cccc4c1N(B23)c1ccccc1C41c2ccccc2-c2ccccc21. The van der Waals surface area contributed by atoms with Gasteiger partial charge in [-0.2, -0.15) is 0 Å². The summed E-state index contributed by atoms with van der Waals surface area (Å²) in [6.45, 7) is 17.5. The van der Waals surface area contributed by atoms with Crippen LogP contribution < -0.4 is 20.6 Å². The third-order valence-electron chi connectivity index (χ3n) is 17.5. The Morgan fingerprint density at radius 2 is 1.11 bits per heavy atom. The fourth-order valence-corrected chi connectivity index (χ4v) is 14.5. The van der Waals surface area contributed by atoms with Crippen LogP contribution in [0.15, 0.2) is 133 Å². The van der Waals surface area contributed by atoms with Crippen LogP contribution in [-0.2, 0) is 21.7 Å². The van der Waals surface area contributed by atoms with E-state index in [0.717, 1.165) is 0 Å². The lowest BCUT2D eigenvalue weighted by molar-refractivity contribution is 0.195. The van der Waals surface area contributed by atoms with Gasteiger partial charge in [0.1, 0.15) is 0 Å². The number of rotatable bonds is 0. The zero-order valence-corrected chi connectivity index (χ0v) is 36.5. The molecule has 4 aliphatic heterocycles. The maximum Gasteiger partial charge on any atom is 0.333 e. The molecular weight excluding hydrogens is 735 g/mol. The van der Waals surface area contributed by atoms with Gasteiger partial charge in [-0.15, -0.1) is 0 Å². The second-order valence-corrected chi connectivity index (χ2v) is 21.5. The van der Waals surface area contributed by atoms with Crippen molar-refractivity contribution in [2.75, 3.05) is 9.71 Å². The Hall–Kier alpha value is -5.80. The van der Waals surface area contributed by atoms with Crippen molar-refractivity contribution in [2.45, 2.75) is 101 Å². The Labute approximate surface area is 361 Å². The number of hydrogen-bond acceptors (Lipinski definition) is 2. The highest BCUT2D eigenvalue weighted by Crippen LogP contribution is 2.68. The lowest BCUT2D eigenvalue weighted by Gasteiger charge is -2.55. The van der Waals surface area contributed by atoms with Crippen LogP contribution in [0.25, 0.3) is 33.4 Å². The van der Waals surface area contributed by atoms with Crippen molar-refractivity contribution < 1.29 is 0 Å². The van der Waals surface area contributed by atoms with Crippen molar-refractivity contribution in [1.82, 2.24) is 0 Å². The van der Waals surface area contributed by atoms with Gasteiger partial charge in [0.25, 0.3) is 0 Å². The lowest BCUT2D eigenvalue weighted by Crippen LogP contribution is -2.66. The van der Waals surface area contributed by atoms with E-state index in [9.17, 15) is 0 Å². The molecule has 296 valence electrons. The van der Waals surface area contributed by atoms with Crippen LogP contribution in [0, 0.1) is 0 Å². The fourth-order valence-electron chi connectivity index (χ4n) is 14.5. The molecule has 2 nitrogen and oxygen atoms in total. The maximum atomic E-state index is 2.98. The second kappa shape index (κ2) is 10.8. The second-order valence-electron chi connectivity index (χ2n) is 21.5. The molecule has 0 aromatic heterocycles. The Morgan fingerprint density at radius 1 is 0.508 bits per heavy atom. The van der Waals surface area contributed by atoms with Gasteiger partial charge in [-0.25, -0.2) is 0 Å². The summed E-state index contributed by atoms with van der Waals surface area (Å²) in [6.07, 6.45) is 4.93. The normalized spacial score (nSPS) is 22.7. The molecule has 0 N–H and O–H groups in total. The van der Waals surface area contributed by atoms with E-state index in [0.29, 0.717) is 0 Å². The summed E-state index contributed by atoms with van der Waals surface area (Å²) in [5, 5.41) is 0. The highest BCUT2D eigenvalue weighted by atomic mass is 15.3. The quantitative estimate of drug-likeness (QED) is 0.141. The van der Waals surface area contributed by atoms with Gasteiger partial charge in [-0.05, 0) is 115 Å². The molecule has 3 heteroatoms. The van der Waals surface area contributed by atoms with Gasteiger partial charge in [-0.1, -0.05) is 176 Å². The Kier molecular flexibility index (Phi) is 6.17. The molecule has 2 atom stereocenters. The number of anilines is 4. The Balaban J connectivity index is 1.20. The molecule has 0 amide bonds. The zero-order valence-electron chi connectivity index (χ0n) is 36.5. The van der Waals surface area contributed by atoms with Gasteiger partial charge in [-0.3, -0.25) is 0 Å². The molecule has 7 aromatic rings. The molecule has 0 bridgehead atoms. The minimum atomic E-state index is -0.454. The van der Waals surface area contributed by atoms with Crippen molar-refractivity contribution in [2.24, 2.45) is 0 Å². The number of nitrogens with zero attached hydrogens (tertiary/aromatic N) is 2. The van der Waals surface area contributed by atoms with Crippen molar-refractivity contribution in [3.05, 3.63) is 178 Å². The van der Waals surface area contributed by atoms with Gasteiger partial charge in [0.15, 0.2) is 0 Å². The highest BCUT2D eigenvalue weighted by molar-refractivity contribution is 6.94. The molecule has 0 saturated heterocycles. The molecule has 61 heavy (non-hydrogen) atoms. The van der Waals surface area contributed by atoms with Crippen LogP contribution in [0.4, 0.5) is 22.7 Å². The predicted molar refractivity (Wildman–Crippen MR) is 255 cm³/mol. The average Bonchev–Trinajstić information content (AvgIpc) is 3.77. The highest BCUT2D eigenvalue weighted by Gasteiger charge is 2.64. The van der Waals surface area contributed by atoms with Crippen molar-refractivity contribution >= 4 is 40.5 Å². The molecule has 1 fully saturated rings. The van der Waals surface area contributed by atoms with E-state index in [2.05, 4.69) is 192 Å². The monoisotopic (exact) mass is 786 g/mol. The van der Waals surface area contributed by atoms with Gasteiger partial charge in [0.2, 0.25) is 0 Å². The molecule has 1 saturated carbocycles. The molecule has 1 spiro atoms. The van der Waals surface area contributed by atoms with Crippen molar-refractivity contribution in [3.8, 4) is 33.4 Å². The lowest BCUT2D eigenvalue weighted by atomic mass is 9.41. The summed E-state index contributed by atoms with van der Waals surface area (Å²) in [4.78, 5) is 5.83. The van der Waals surface area contributed by atoms with Crippen LogP contribution >= 0.6 is 0 Å². The van der Waals surface area contributed by atoms with E-state index in [-0.39, 0.29) is 28.6 Å². The first-order chi connectivity index (χ1) is 29.4. The van der Waals surface area contributed by atoms with E-state index < -0.39 is 5.41 Å². The van der Waals surface area contributed by atoms with Crippen LogP contribution in [0.5, 0.6) is 0 Å². The van der Waals surface area contributed by atoms with Crippen LogP contribution in [0.2, 0.25) is 0 Å². The summed E-state index contributed by atoms with van der Waals surface area (Å²) in [5.41, 5.74) is 27.9. The summed E-state index contributed by atoms with van der Waals surface area (Å²) in [5.74, 6) is 0. The van der Waals surface area contributed by atoms with E-state index in [1.165, 1.54) is 132 Å². The smallest absolute Gasteiger partial charge is 0.333 e. The van der Waals surface area contributed by atoms with E-state index in [1.54, 1.807) is 5.56 Å². The molecular formula is C58H51BN2.